The van der Waals surface area contributed by atoms with Gasteiger partial charge in [0.1, 0.15) is 0 Å². The molecule has 0 aliphatic rings. The van der Waals surface area contributed by atoms with Crippen LogP contribution in [-0.2, 0) is 4.74 Å². The maximum Gasteiger partial charge on any atom is 0.338 e. The standard InChI is InChI=1S/C28H40O2/c1-2-3-4-5-6-7-8-9-10-11-12-13-17-24-30-28(29)27-22-20-26(21-23-27)25-18-15-14-16-19-25/h14-16,18-23H,2-13,17,24H2,1H3. The lowest BCUT2D eigenvalue weighted by Gasteiger charge is -2.06. The van der Waals surface area contributed by atoms with Crippen LogP contribution < -0.4 is 0 Å². The van der Waals surface area contributed by atoms with Crippen LogP contribution in [0, 0.1) is 0 Å². The molecule has 0 amide bonds. The molecule has 0 aromatic heterocycles. The lowest BCUT2D eigenvalue weighted by Crippen LogP contribution is -2.06. The van der Waals surface area contributed by atoms with Crippen LogP contribution in [0.4, 0.5) is 0 Å². The molecular weight excluding hydrogens is 368 g/mol. The predicted molar refractivity (Wildman–Crippen MR) is 128 cm³/mol. The number of rotatable bonds is 16. The molecule has 2 aromatic rings. The van der Waals surface area contributed by atoms with Crippen molar-refractivity contribution in [3.63, 3.8) is 0 Å². The van der Waals surface area contributed by atoms with Crippen molar-refractivity contribution in [1.29, 1.82) is 0 Å². The van der Waals surface area contributed by atoms with Crippen LogP contribution in [0.2, 0.25) is 0 Å². The fourth-order valence-electron chi connectivity index (χ4n) is 3.80. The fraction of sp³-hybridized carbons (Fsp3) is 0.536. The Labute approximate surface area is 184 Å². The third-order valence-corrected chi connectivity index (χ3v) is 5.71. The maximum atomic E-state index is 12.2. The summed E-state index contributed by atoms with van der Waals surface area (Å²) in [7, 11) is 0. The van der Waals surface area contributed by atoms with Crippen molar-refractivity contribution in [3.05, 3.63) is 60.2 Å². The second-order valence-electron chi connectivity index (χ2n) is 8.32. The monoisotopic (exact) mass is 408 g/mol. The third-order valence-electron chi connectivity index (χ3n) is 5.71. The van der Waals surface area contributed by atoms with E-state index in [9.17, 15) is 4.79 Å². The van der Waals surface area contributed by atoms with Crippen LogP contribution in [0.3, 0.4) is 0 Å². The first kappa shape index (κ1) is 24.2. The largest absolute Gasteiger partial charge is 0.462 e. The number of hydrogen-bond donors (Lipinski definition) is 0. The number of esters is 1. The molecule has 0 fully saturated rings. The summed E-state index contributed by atoms with van der Waals surface area (Å²) in [6.07, 6.45) is 17.2. The van der Waals surface area contributed by atoms with Gasteiger partial charge in [-0.1, -0.05) is 126 Å². The Morgan fingerprint density at radius 1 is 0.600 bits per heavy atom. The summed E-state index contributed by atoms with van der Waals surface area (Å²) in [4.78, 5) is 12.2. The molecule has 0 radical (unpaired) electrons. The fourth-order valence-corrected chi connectivity index (χ4v) is 3.80. The minimum Gasteiger partial charge on any atom is -0.462 e. The van der Waals surface area contributed by atoms with Gasteiger partial charge in [-0.3, -0.25) is 0 Å². The van der Waals surface area contributed by atoms with Crippen LogP contribution in [0.25, 0.3) is 11.1 Å². The van der Waals surface area contributed by atoms with E-state index in [1.165, 1.54) is 70.6 Å². The summed E-state index contributed by atoms with van der Waals surface area (Å²) >= 11 is 0. The molecule has 2 heteroatoms. The van der Waals surface area contributed by atoms with E-state index in [4.69, 9.17) is 4.74 Å². The molecule has 164 valence electrons. The lowest BCUT2D eigenvalue weighted by molar-refractivity contribution is 0.0497. The average molecular weight is 409 g/mol. The van der Waals surface area contributed by atoms with E-state index in [0.29, 0.717) is 12.2 Å². The van der Waals surface area contributed by atoms with Gasteiger partial charge in [-0.15, -0.1) is 0 Å². The van der Waals surface area contributed by atoms with Gasteiger partial charge in [0.05, 0.1) is 12.2 Å². The number of unbranched alkanes of at least 4 members (excludes halogenated alkanes) is 12. The number of carbonyl (C=O) groups excluding carboxylic acids is 1. The van der Waals surface area contributed by atoms with Gasteiger partial charge in [0, 0.05) is 0 Å². The van der Waals surface area contributed by atoms with E-state index in [0.717, 1.165) is 24.0 Å². The Bertz CT molecular complexity index is 676. The molecule has 0 unspecified atom stereocenters. The van der Waals surface area contributed by atoms with Crippen molar-refractivity contribution in [1.82, 2.24) is 0 Å². The summed E-state index contributed by atoms with van der Waals surface area (Å²) in [5, 5.41) is 0. The summed E-state index contributed by atoms with van der Waals surface area (Å²) < 4.78 is 5.43. The smallest absolute Gasteiger partial charge is 0.338 e. The van der Waals surface area contributed by atoms with Crippen molar-refractivity contribution >= 4 is 5.97 Å². The number of ether oxygens (including phenoxy) is 1. The van der Waals surface area contributed by atoms with Gasteiger partial charge in [0.2, 0.25) is 0 Å². The van der Waals surface area contributed by atoms with Crippen molar-refractivity contribution in [2.24, 2.45) is 0 Å². The summed E-state index contributed by atoms with van der Waals surface area (Å²) in [5.41, 5.74) is 2.90. The van der Waals surface area contributed by atoms with Gasteiger partial charge in [0.25, 0.3) is 0 Å². The normalized spacial score (nSPS) is 10.8. The molecule has 2 nitrogen and oxygen atoms in total. The summed E-state index contributed by atoms with van der Waals surface area (Å²) in [5.74, 6) is -0.214. The van der Waals surface area contributed by atoms with Crippen LogP contribution in [0.15, 0.2) is 54.6 Å². The Balaban J connectivity index is 1.46. The predicted octanol–water partition coefficient (Wildman–Crippen LogP) is 8.60. The molecule has 0 N–H and O–H groups in total. The summed E-state index contributed by atoms with van der Waals surface area (Å²) in [6, 6.07) is 17.9. The van der Waals surface area contributed by atoms with Crippen molar-refractivity contribution in [2.45, 2.75) is 90.4 Å². The highest BCUT2D eigenvalue weighted by molar-refractivity contribution is 5.90. The topological polar surface area (TPSA) is 26.3 Å². The van der Waals surface area contributed by atoms with Crippen molar-refractivity contribution in [2.75, 3.05) is 6.61 Å². The molecule has 0 saturated carbocycles. The van der Waals surface area contributed by atoms with E-state index in [1.807, 2.05) is 42.5 Å². The van der Waals surface area contributed by atoms with E-state index < -0.39 is 0 Å². The molecule has 0 aliphatic heterocycles. The molecule has 0 heterocycles. The second-order valence-corrected chi connectivity index (χ2v) is 8.32. The minimum atomic E-state index is -0.214. The first-order chi connectivity index (χ1) is 14.8. The SMILES string of the molecule is CCCCCCCCCCCCCCCOC(=O)c1ccc(-c2ccccc2)cc1. The molecular formula is C28H40O2. The highest BCUT2D eigenvalue weighted by atomic mass is 16.5. The average Bonchev–Trinajstić information content (AvgIpc) is 2.80. The first-order valence-electron chi connectivity index (χ1n) is 12.1. The molecule has 2 rings (SSSR count). The number of benzene rings is 2. The zero-order valence-corrected chi connectivity index (χ0v) is 18.9. The van der Waals surface area contributed by atoms with Crippen molar-refractivity contribution < 1.29 is 9.53 Å². The van der Waals surface area contributed by atoms with Crippen molar-refractivity contribution in [3.8, 4) is 11.1 Å². The van der Waals surface area contributed by atoms with Gasteiger partial charge < -0.3 is 4.74 Å². The Morgan fingerprint density at radius 3 is 1.60 bits per heavy atom. The van der Waals surface area contributed by atoms with E-state index in [-0.39, 0.29) is 5.97 Å². The highest BCUT2D eigenvalue weighted by Crippen LogP contribution is 2.19. The molecule has 0 saturated heterocycles. The Kier molecular flexibility index (Phi) is 12.7. The Morgan fingerprint density at radius 2 is 1.07 bits per heavy atom. The Hall–Kier alpha value is -2.09. The zero-order valence-electron chi connectivity index (χ0n) is 18.9. The van der Waals surface area contributed by atoms with E-state index in [1.54, 1.807) is 0 Å². The molecule has 0 atom stereocenters. The van der Waals surface area contributed by atoms with E-state index >= 15 is 0 Å². The maximum absolute atomic E-state index is 12.2. The molecule has 2 aromatic carbocycles. The quantitative estimate of drug-likeness (QED) is 0.205. The zero-order chi connectivity index (χ0) is 21.3. The molecule has 0 bridgehead atoms. The van der Waals surface area contributed by atoms with Crippen LogP contribution in [0.5, 0.6) is 0 Å². The number of hydrogen-bond acceptors (Lipinski definition) is 2. The van der Waals surface area contributed by atoms with Gasteiger partial charge in [-0.05, 0) is 29.7 Å². The molecule has 0 spiro atoms. The van der Waals surface area contributed by atoms with Gasteiger partial charge >= 0.3 is 5.97 Å². The van der Waals surface area contributed by atoms with E-state index in [2.05, 4.69) is 19.1 Å². The highest BCUT2D eigenvalue weighted by Gasteiger charge is 2.07. The minimum absolute atomic E-state index is 0.214. The lowest BCUT2D eigenvalue weighted by atomic mass is 10.0. The third kappa shape index (κ3) is 10.1. The van der Waals surface area contributed by atoms with Gasteiger partial charge in [-0.25, -0.2) is 4.79 Å². The summed E-state index contributed by atoms with van der Waals surface area (Å²) in [6.45, 7) is 2.80. The second kappa shape index (κ2) is 15.7. The number of carbonyl (C=O) groups is 1. The van der Waals surface area contributed by atoms with Crippen LogP contribution in [-0.4, -0.2) is 12.6 Å². The first-order valence-corrected chi connectivity index (χ1v) is 12.1. The van der Waals surface area contributed by atoms with Gasteiger partial charge in [-0.2, -0.15) is 0 Å². The van der Waals surface area contributed by atoms with Gasteiger partial charge in [0.15, 0.2) is 0 Å². The molecule has 0 aliphatic carbocycles. The van der Waals surface area contributed by atoms with Crippen LogP contribution >= 0.6 is 0 Å². The van der Waals surface area contributed by atoms with Crippen LogP contribution in [0.1, 0.15) is 101 Å². The molecule has 30 heavy (non-hydrogen) atoms.